The topological polar surface area (TPSA) is 59.0 Å². The van der Waals surface area contributed by atoms with Gasteiger partial charge in [0.15, 0.2) is 0 Å². The van der Waals surface area contributed by atoms with Crippen LogP contribution in [0.25, 0.3) is 5.69 Å². The molecule has 0 saturated carbocycles. The summed E-state index contributed by atoms with van der Waals surface area (Å²) >= 11 is 0. The lowest BCUT2D eigenvalue weighted by atomic mass is 9.99. The number of imidazole rings is 1. The molecule has 0 radical (unpaired) electrons. The first-order valence-electron chi connectivity index (χ1n) is 6.93. The number of rotatable bonds is 3. The summed E-state index contributed by atoms with van der Waals surface area (Å²) in [6, 6.07) is 7.79. The predicted octanol–water partition coefficient (Wildman–Crippen LogP) is 1.81. The molecule has 1 aromatic heterocycles. The molecule has 1 aliphatic heterocycles. The van der Waals surface area contributed by atoms with E-state index in [1.54, 1.807) is 12.5 Å². The zero-order valence-corrected chi connectivity index (χ0v) is 11.2. The van der Waals surface area contributed by atoms with E-state index < -0.39 is 0 Å². The molecule has 0 unspecified atom stereocenters. The van der Waals surface area contributed by atoms with Gasteiger partial charge < -0.3 is 15.2 Å². The van der Waals surface area contributed by atoms with Crippen molar-refractivity contribution in [1.29, 1.82) is 0 Å². The first-order valence-corrected chi connectivity index (χ1v) is 6.93. The molecular formula is C15H18N4O. The SMILES string of the molecule is O=C(Nc1cccc(-n2ccnc2)c1)[C@H]1CCCNC1. The van der Waals surface area contributed by atoms with Crippen LogP contribution < -0.4 is 10.6 Å². The van der Waals surface area contributed by atoms with Gasteiger partial charge in [-0.2, -0.15) is 0 Å². The minimum Gasteiger partial charge on any atom is -0.326 e. The summed E-state index contributed by atoms with van der Waals surface area (Å²) in [5, 5.41) is 6.26. The lowest BCUT2D eigenvalue weighted by molar-refractivity contribution is -0.120. The van der Waals surface area contributed by atoms with Gasteiger partial charge in [-0.3, -0.25) is 4.79 Å². The smallest absolute Gasteiger partial charge is 0.228 e. The van der Waals surface area contributed by atoms with E-state index in [2.05, 4.69) is 15.6 Å². The van der Waals surface area contributed by atoms with Gasteiger partial charge in [0.05, 0.1) is 12.2 Å². The second kappa shape index (κ2) is 5.88. The van der Waals surface area contributed by atoms with Crippen LogP contribution in [-0.4, -0.2) is 28.5 Å². The molecule has 0 aliphatic carbocycles. The third-order valence-corrected chi connectivity index (χ3v) is 3.58. The average Bonchev–Trinajstić information content (AvgIpc) is 3.03. The Morgan fingerprint density at radius 2 is 2.40 bits per heavy atom. The zero-order chi connectivity index (χ0) is 13.8. The minimum atomic E-state index is 0.0700. The highest BCUT2D eigenvalue weighted by Crippen LogP contribution is 2.17. The lowest BCUT2D eigenvalue weighted by Gasteiger charge is -2.22. The molecule has 1 aliphatic rings. The minimum absolute atomic E-state index is 0.0700. The fraction of sp³-hybridized carbons (Fsp3) is 0.333. The molecule has 20 heavy (non-hydrogen) atoms. The third-order valence-electron chi connectivity index (χ3n) is 3.58. The van der Waals surface area contributed by atoms with E-state index in [1.807, 2.05) is 35.0 Å². The number of nitrogens with zero attached hydrogens (tertiary/aromatic N) is 2. The van der Waals surface area contributed by atoms with Crippen LogP contribution in [0.15, 0.2) is 43.0 Å². The largest absolute Gasteiger partial charge is 0.326 e. The molecule has 2 N–H and O–H groups in total. The van der Waals surface area contributed by atoms with Crippen LogP contribution in [0.3, 0.4) is 0 Å². The molecule has 104 valence electrons. The van der Waals surface area contributed by atoms with Crippen molar-refractivity contribution in [3.05, 3.63) is 43.0 Å². The first-order chi connectivity index (χ1) is 9.83. The fourth-order valence-electron chi connectivity index (χ4n) is 2.48. The zero-order valence-electron chi connectivity index (χ0n) is 11.2. The number of carbonyl (C=O) groups is 1. The maximum Gasteiger partial charge on any atom is 0.228 e. The molecule has 0 bridgehead atoms. The van der Waals surface area contributed by atoms with Gasteiger partial charge in [0.1, 0.15) is 0 Å². The van der Waals surface area contributed by atoms with Crippen molar-refractivity contribution >= 4 is 11.6 Å². The highest BCUT2D eigenvalue weighted by molar-refractivity contribution is 5.93. The van der Waals surface area contributed by atoms with E-state index in [1.165, 1.54) is 0 Å². The average molecular weight is 270 g/mol. The summed E-state index contributed by atoms with van der Waals surface area (Å²) < 4.78 is 1.91. The van der Waals surface area contributed by atoms with Crippen LogP contribution in [0, 0.1) is 5.92 Å². The second-order valence-corrected chi connectivity index (χ2v) is 5.05. The van der Waals surface area contributed by atoms with Crippen molar-refractivity contribution in [3.63, 3.8) is 0 Å². The first kappa shape index (κ1) is 12.9. The van der Waals surface area contributed by atoms with E-state index in [9.17, 15) is 4.79 Å². The van der Waals surface area contributed by atoms with Crippen molar-refractivity contribution in [2.24, 2.45) is 5.92 Å². The molecule has 1 saturated heterocycles. The third kappa shape index (κ3) is 2.88. The molecule has 2 aromatic rings. The Bertz CT molecular complexity index is 573. The van der Waals surface area contributed by atoms with Crippen LogP contribution in [0.1, 0.15) is 12.8 Å². The quantitative estimate of drug-likeness (QED) is 0.894. The van der Waals surface area contributed by atoms with Gasteiger partial charge in [0.25, 0.3) is 0 Å². The van der Waals surface area contributed by atoms with E-state index in [4.69, 9.17) is 0 Å². The Labute approximate surface area is 118 Å². The molecular weight excluding hydrogens is 252 g/mol. The summed E-state index contributed by atoms with van der Waals surface area (Å²) in [5.41, 5.74) is 1.81. The Morgan fingerprint density at radius 1 is 1.45 bits per heavy atom. The van der Waals surface area contributed by atoms with E-state index in [0.29, 0.717) is 0 Å². The summed E-state index contributed by atoms with van der Waals surface area (Å²) in [7, 11) is 0. The monoisotopic (exact) mass is 270 g/mol. The Morgan fingerprint density at radius 3 is 3.15 bits per heavy atom. The van der Waals surface area contributed by atoms with Crippen molar-refractivity contribution in [3.8, 4) is 5.69 Å². The predicted molar refractivity (Wildman–Crippen MR) is 77.8 cm³/mol. The van der Waals surface area contributed by atoms with Crippen LogP contribution >= 0.6 is 0 Å². The van der Waals surface area contributed by atoms with Gasteiger partial charge in [-0.1, -0.05) is 6.07 Å². The van der Waals surface area contributed by atoms with Gasteiger partial charge in [-0.05, 0) is 37.6 Å². The van der Waals surface area contributed by atoms with E-state index in [0.717, 1.165) is 37.3 Å². The number of amides is 1. The highest BCUT2D eigenvalue weighted by atomic mass is 16.1. The van der Waals surface area contributed by atoms with Crippen molar-refractivity contribution in [2.45, 2.75) is 12.8 Å². The van der Waals surface area contributed by atoms with Gasteiger partial charge in [-0.15, -0.1) is 0 Å². The number of hydrogen-bond acceptors (Lipinski definition) is 3. The summed E-state index contributed by atoms with van der Waals surface area (Å²) in [6.07, 6.45) is 7.38. The molecule has 5 nitrogen and oxygen atoms in total. The van der Waals surface area contributed by atoms with E-state index >= 15 is 0 Å². The number of aromatic nitrogens is 2. The number of hydrogen-bond donors (Lipinski definition) is 2. The molecule has 1 atom stereocenters. The van der Waals surface area contributed by atoms with Gasteiger partial charge >= 0.3 is 0 Å². The summed E-state index contributed by atoms with van der Waals surface area (Å²) in [4.78, 5) is 16.2. The normalized spacial score (nSPS) is 18.7. The van der Waals surface area contributed by atoms with Crippen LogP contribution in [0.4, 0.5) is 5.69 Å². The van der Waals surface area contributed by atoms with Crippen LogP contribution in [0.2, 0.25) is 0 Å². The molecule has 0 spiro atoms. The van der Waals surface area contributed by atoms with Crippen molar-refractivity contribution in [1.82, 2.24) is 14.9 Å². The second-order valence-electron chi connectivity index (χ2n) is 5.05. The molecule has 1 amide bonds. The summed E-state index contributed by atoms with van der Waals surface area (Å²) in [6.45, 7) is 1.78. The fourth-order valence-corrected chi connectivity index (χ4v) is 2.48. The Kier molecular flexibility index (Phi) is 3.78. The molecule has 1 fully saturated rings. The maximum atomic E-state index is 12.2. The Hall–Kier alpha value is -2.14. The van der Waals surface area contributed by atoms with Gasteiger partial charge in [0.2, 0.25) is 5.91 Å². The number of piperidine rings is 1. The number of anilines is 1. The standard InChI is InChI=1S/C15H18N4O/c20-15(12-3-2-6-16-10-12)18-13-4-1-5-14(9-13)19-8-7-17-11-19/h1,4-5,7-9,11-12,16H,2-3,6,10H2,(H,18,20)/t12-/m0/s1. The van der Waals surface area contributed by atoms with Crippen molar-refractivity contribution < 1.29 is 4.79 Å². The van der Waals surface area contributed by atoms with E-state index in [-0.39, 0.29) is 11.8 Å². The van der Waals surface area contributed by atoms with Crippen LogP contribution in [-0.2, 0) is 4.79 Å². The lowest BCUT2D eigenvalue weighted by Crippen LogP contribution is -2.37. The van der Waals surface area contributed by atoms with Gasteiger partial charge in [0, 0.05) is 30.3 Å². The van der Waals surface area contributed by atoms with Gasteiger partial charge in [-0.25, -0.2) is 4.98 Å². The number of benzene rings is 1. The molecule has 1 aromatic carbocycles. The molecule has 5 heteroatoms. The maximum absolute atomic E-state index is 12.2. The Balaban J connectivity index is 1.71. The van der Waals surface area contributed by atoms with Crippen LogP contribution in [0.5, 0.6) is 0 Å². The highest BCUT2D eigenvalue weighted by Gasteiger charge is 2.20. The number of carbonyl (C=O) groups excluding carboxylic acids is 1. The molecule has 3 rings (SSSR count). The number of nitrogens with one attached hydrogen (secondary N) is 2. The summed E-state index contributed by atoms with van der Waals surface area (Å²) in [5.74, 6) is 0.167. The molecule has 2 heterocycles. The van der Waals surface area contributed by atoms with Crippen molar-refractivity contribution in [2.75, 3.05) is 18.4 Å².